The summed E-state index contributed by atoms with van der Waals surface area (Å²) in [5.74, 6) is -0.229. The number of halogens is 1. The van der Waals surface area contributed by atoms with E-state index in [1.165, 1.54) is 11.6 Å². The molecule has 5 rings (SSSR count). The third kappa shape index (κ3) is 3.46. The Hall–Kier alpha value is -3.51. The van der Waals surface area contributed by atoms with Crippen LogP contribution in [0.4, 0.5) is 10.1 Å². The molecule has 2 aromatic heterocycles. The quantitative estimate of drug-likeness (QED) is 0.405. The first-order chi connectivity index (χ1) is 15.5. The van der Waals surface area contributed by atoms with Crippen molar-refractivity contribution in [2.75, 3.05) is 4.90 Å². The Morgan fingerprint density at radius 3 is 2.50 bits per heavy atom. The van der Waals surface area contributed by atoms with Crippen LogP contribution < -0.4 is 10.2 Å². The molecule has 4 aromatic rings. The minimum atomic E-state index is -0.229. The smallest absolute Gasteiger partial charge is 0.174 e. The zero-order valence-electron chi connectivity index (χ0n) is 17.9. The number of aromatic nitrogens is 2. The van der Waals surface area contributed by atoms with Gasteiger partial charge in [-0.2, -0.15) is 0 Å². The molecular formula is C26H23FN4S. The summed E-state index contributed by atoms with van der Waals surface area (Å²) in [6, 6.07) is 23.2. The number of para-hydroxylation sites is 1. The van der Waals surface area contributed by atoms with E-state index in [0.717, 1.165) is 22.8 Å². The first kappa shape index (κ1) is 20.4. The normalized spacial score (nSPS) is 18.1. The maximum absolute atomic E-state index is 14.0. The fraction of sp³-hybridized carbons (Fsp3) is 0.154. The van der Waals surface area contributed by atoms with Gasteiger partial charge >= 0.3 is 0 Å². The lowest BCUT2D eigenvalue weighted by Crippen LogP contribution is -2.30. The minimum absolute atomic E-state index is 0.160. The fourth-order valence-corrected chi connectivity index (χ4v) is 4.75. The van der Waals surface area contributed by atoms with Crippen molar-refractivity contribution in [2.24, 2.45) is 0 Å². The van der Waals surface area contributed by atoms with E-state index in [1.807, 2.05) is 42.5 Å². The van der Waals surface area contributed by atoms with E-state index in [-0.39, 0.29) is 17.9 Å². The lowest BCUT2D eigenvalue weighted by molar-refractivity contribution is 0.548. The zero-order chi connectivity index (χ0) is 22.2. The molecule has 2 atom stereocenters. The van der Waals surface area contributed by atoms with Crippen LogP contribution in [0.1, 0.15) is 34.6 Å². The maximum Gasteiger partial charge on any atom is 0.174 e. The van der Waals surface area contributed by atoms with E-state index in [9.17, 15) is 4.39 Å². The lowest BCUT2D eigenvalue weighted by Gasteiger charge is -2.29. The molecule has 1 fully saturated rings. The van der Waals surface area contributed by atoms with Gasteiger partial charge in [-0.15, -0.1) is 0 Å². The van der Waals surface area contributed by atoms with Crippen LogP contribution in [0.15, 0.2) is 85.2 Å². The molecule has 1 saturated heterocycles. The largest absolute Gasteiger partial charge is 0.351 e. The van der Waals surface area contributed by atoms with Crippen LogP contribution in [0.5, 0.6) is 0 Å². The number of hydrogen-bond acceptors (Lipinski definition) is 2. The van der Waals surface area contributed by atoms with E-state index in [0.29, 0.717) is 10.7 Å². The van der Waals surface area contributed by atoms with Crippen molar-refractivity contribution in [3.05, 3.63) is 114 Å². The highest BCUT2D eigenvalue weighted by molar-refractivity contribution is 7.80. The SMILES string of the molecule is Cc1cc(N2C(=S)NC(c3ccccn3)C2c2cccn2-c2ccccc2C)ccc1F. The second-order valence-electron chi connectivity index (χ2n) is 8.02. The molecule has 0 amide bonds. The zero-order valence-corrected chi connectivity index (χ0v) is 18.7. The van der Waals surface area contributed by atoms with E-state index >= 15 is 0 Å². The van der Waals surface area contributed by atoms with Gasteiger partial charge in [-0.05, 0) is 85.7 Å². The summed E-state index contributed by atoms with van der Waals surface area (Å²) in [4.78, 5) is 6.69. The van der Waals surface area contributed by atoms with Crippen LogP contribution in [0, 0.1) is 19.7 Å². The summed E-state index contributed by atoms with van der Waals surface area (Å²) in [7, 11) is 0. The summed E-state index contributed by atoms with van der Waals surface area (Å²) in [6.07, 6.45) is 3.87. The number of aryl methyl sites for hydroxylation is 2. The first-order valence-electron chi connectivity index (χ1n) is 10.5. The van der Waals surface area contributed by atoms with Crippen molar-refractivity contribution in [1.29, 1.82) is 0 Å². The average molecular weight is 443 g/mol. The summed E-state index contributed by atoms with van der Waals surface area (Å²) < 4.78 is 16.2. The molecule has 0 saturated carbocycles. The summed E-state index contributed by atoms with van der Waals surface area (Å²) in [5.41, 5.74) is 5.70. The molecule has 2 aromatic carbocycles. The van der Waals surface area contributed by atoms with Crippen molar-refractivity contribution in [1.82, 2.24) is 14.9 Å². The molecule has 2 unspecified atom stereocenters. The topological polar surface area (TPSA) is 33.1 Å². The second-order valence-corrected chi connectivity index (χ2v) is 8.41. The van der Waals surface area contributed by atoms with Crippen LogP contribution in [0.25, 0.3) is 5.69 Å². The molecular weight excluding hydrogens is 419 g/mol. The molecule has 160 valence electrons. The number of nitrogens with one attached hydrogen (secondary N) is 1. The summed E-state index contributed by atoms with van der Waals surface area (Å²) >= 11 is 5.80. The van der Waals surface area contributed by atoms with Crippen LogP contribution in [0.3, 0.4) is 0 Å². The Bertz CT molecular complexity index is 1280. The number of hydrogen-bond donors (Lipinski definition) is 1. The van der Waals surface area contributed by atoms with E-state index < -0.39 is 0 Å². The Morgan fingerprint density at radius 2 is 1.75 bits per heavy atom. The maximum atomic E-state index is 14.0. The van der Waals surface area contributed by atoms with Gasteiger partial charge in [0, 0.05) is 29.5 Å². The lowest BCUT2D eigenvalue weighted by atomic mass is 10.00. The van der Waals surface area contributed by atoms with Crippen molar-refractivity contribution in [2.45, 2.75) is 25.9 Å². The van der Waals surface area contributed by atoms with Crippen LogP contribution in [-0.2, 0) is 0 Å². The molecule has 1 N–H and O–H groups in total. The molecule has 0 spiro atoms. The molecule has 3 heterocycles. The van der Waals surface area contributed by atoms with Gasteiger partial charge in [-0.3, -0.25) is 4.98 Å². The molecule has 4 nitrogen and oxygen atoms in total. The summed E-state index contributed by atoms with van der Waals surface area (Å²) in [6.45, 7) is 3.88. The molecule has 6 heteroatoms. The Morgan fingerprint density at radius 1 is 0.938 bits per heavy atom. The van der Waals surface area contributed by atoms with E-state index in [4.69, 9.17) is 12.2 Å². The number of thiocarbonyl (C=S) groups is 1. The third-order valence-corrected chi connectivity index (χ3v) is 6.29. The Balaban J connectivity index is 1.69. The van der Waals surface area contributed by atoms with Gasteiger partial charge < -0.3 is 14.8 Å². The van der Waals surface area contributed by atoms with E-state index in [1.54, 1.807) is 19.2 Å². The number of anilines is 1. The monoisotopic (exact) mass is 442 g/mol. The highest BCUT2D eigenvalue weighted by Crippen LogP contribution is 2.42. The van der Waals surface area contributed by atoms with Crippen molar-refractivity contribution < 1.29 is 4.39 Å². The van der Waals surface area contributed by atoms with Gasteiger partial charge in [-0.25, -0.2) is 4.39 Å². The van der Waals surface area contributed by atoms with E-state index in [2.05, 4.69) is 51.1 Å². The molecule has 0 aliphatic carbocycles. The van der Waals surface area contributed by atoms with Crippen LogP contribution >= 0.6 is 12.2 Å². The fourth-order valence-electron chi connectivity index (χ4n) is 4.40. The predicted molar refractivity (Wildman–Crippen MR) is 130 cm³/mol. The van der Waals surface area contributed by atoms with Gasteiger partial charge in [0.2, 0.25) is 0 Å². The molecule has 0 radical (unpaired) electrons. The molecule has 1 aliphatic rings. The van der Waals surface area contributed by atoms with Crippen molar-refractivity contribution in [3.63, 3.8) is 0 Å². The van der Waals surface area contributed by atoms with Crippen molar-refractivity contribution >= 4 is 23.0 Å². The van der Waals surface area contributed by atoms with Crippen molar-refractivity contribution in [3.8, 4) is 5.69 Å². The van der Waals surface area contributed by atoms with Gasteiger partial charge in [-0.1, -0.05) is 24.3 Å². The Labute approximate surface area is 192 Å². The number of rotatable bonds is 4. The molecule has 1 aliphatic heterocycles. The number of nitrogens with zero attached hydrogens (tertiary/aromatic N) is 3. The van der Waals surface area contributed by atoms with Gasteiger partial charge in [0.1, 0.15) is 11.9 Å². The second kappa shape index (κ2) is 8.20. The summed E-state index contributed by atoms with van der Waals surface area (Å²) in [5, 5.41) is 4.06. The van der Waals surface area contributed by atoms with Gasteiger partial charge in [0.25, 0.3) is 0 Å². The highest BCUT2D eigenvalue weighted by atomic mass is 32.1. The first-order valence-corrected chi connectivity index (χ1v) is 11.0. The van der Waals surface area contributed by atoms with Gasteiger partial charge in [0.15, 0.2) is 5.11 Å². The highest BCUT2D eigenvalue weighted by Gasteiger charge is 2.42. The molecule has 0 bridgehead atoms. The minimum Gasteiger partial charge on any atom is -0.351 e. The molecule has 32 heavy (non-hydrogen) atoms. The Kier molecular flexibility index (Phi) is 5.23. The third-order valence-electron chi connectivity index (χ3n) is 5.98. The van der Waals surface area contributed by atoms with Gasteiger partial charge in [0.05, 0.1) is 11.7 Å². The predicted octanol–water partition coefficient (Wildman–Crippen LogP) is 5.81. The average Bonchev–Trinajstić information content (AvgIpc) is 3.41. The van der Waals surface area contributed by atoms with Crippen LogP contribution in [0.2, 0.25) is 0 Å². The van der Waals surface area contributed by atoms with Crippen LogP contribution in [-0.4, -0.2) is 14.7 Å². The number of pyridine rings is 1. The standard InChI is InChI=1S/C26H23FN4S/c1-17-8-3-4-10-22(17)30-15-7-11-23(30)25-24(21-9-5-6-14-28-21)29-26(32)31(25)19-12-13-20(27)18(2)16-19/h3-16,24-25H,1-2H3,(H,29,32). The number of benzene rings is 2.